The molecule has 30 heavy (non-hydrogen) atoms. The lowest BCUT2D eigenvalue weighted by Gasteiger charge is -2.34. The number of para-hydroxylation sites is 1. The van der Waals surface area contributed by atoms with Gasteiger partial charge in [0, 0.05) is 23.1 Å². The van der Waals surface area contributed by atoms with Gasteiger partial charge in [-0.05, 0) is 43.4 Å². The minimum absolute atomic E-state index is 0.00854. The molecule has 5 rings (SSSR count). The first-order valence-electron chi connectivity index (χ1n) is 10.7. The van der Waals surface area contributed by atoms with E-state index in [9.17, 15) is 4.79 Å². The maximum absolute atomic E-state index is 13.4. The van der Waals surface area contributed by atoms with Gasteiger partial charge in [0.05, 0.1) is 24.4 Å². The minimum Gasteiger partial charge on any atom is -0.358 e. The molecule has 5 heteroatoms. The summed E-state index contributed by atoms with van der Waals surface area (Å²) in [7, 11) is 0. The zero-order chi connectivity index (χ0) is 20.5. The van der Waals surface area contributed by atoms with Gasteiger partial charge in [0.1, 0.15) is 5.82 Å². The van der Waals surface area contributed by atoms with Crippen molar-refractivity contribution in [3.63, 3.8) is 0 Å². The molecule has 1 atom stereocenters. The fraction of sp³-hybridized carbons (Fsp3) is 0.280. The highest BCUT2D eigenvalue weighted by Crippen LogP contribution is 2.32. The quantitative estimate of drug-likeness (QED) is 0.498. The number of nitrogens with zero attached hydrogens (tertiary/aromatic N) is 2. The number of aromatic nitrogens is 3. The third-order valence-electron chi connectivity index (χ3n) is 6.17. The van der Waals surface area contributed by atoms with E-state index in [1.165, 1.54) is 0 Å². The van der Waals surface area contributed by atoms with Crippen LogP contribution in [0.2, 0.25) is 0 Å². The van der Waals surface area contributed by atoms with Gasteiger partial charge in [0.15, 0.2) is 0 Å². The van der Waals surface area contributed by atoms with E-state index >= 15 is 0 Å². The van der Waals surface area contributed by atoms with Gasteiger partial charge in [-0.1, -0.05) is 48.5 Å². The van der Waals surface area contributed by atoms with Crippen LogP contribution in [0, 0.1) is 6.92 Å². The Morgan fingerprint density at radius 2 is 1.87 bits per heavy atom. The van der Waals surface area contributed by atoms with Gasteiger partial charge in [-0.15, -0.1) is 0 Å². The lowest BCUT2D eigenvalue weighted by Crippen LogP contribution is -2.39. The number of hydrogen-bond donors (Lipinski definition) is 2. The van der Waals surface area contributed by atoms with E-state index in [1.54, 1.807) is 0 Å². The van der Waals surface area contributed by atoms with E-state index < -0.39 is 0 Å². The van der Waals surface area contributed by atoms with Crippen LogP contribution in [0.4, 0.5) is 0 Å². The number of fused-ring (bicyclic) bond motifs is 1. The number of likely N-dealkylation sites (tertiary alicyclic amines) is 1. The van der Waals surface area contributed by atoms with Crippen LogP contribution >= 0.6 is 0 Å². The average molecular weight is 399 g/mol. The molecule has 1 unspecified atom stereocenters. The molecule has 1 saturated heterocycles. The van der Waals surface area contributed by atoms with E-state index in [2.05, 4.69) is 46.1 Å². The van der Waals surface area contributed by atoms with Gasteiger partial charge in [-0.3, -0.25) is 4.79 Å². The van der Waals surface area contributed by atoms with Crippen molar-refractivity contribution in [2.45, 2.75) is 38.6 Å². The summed E-state index contributed by atoms with van der Waals surface area (Å²) in [5.74, 6) is 1.06. The first-order valence-corrected chi connectivity index (χ1v) is 10.7. The molecule has 0 saturated carbocycles. The molecule has 0 spiro atoms. The van der Waals surface area contributed by atoms with Crippen LogP contribution in [0.15, 0.2) is 60.8 Å². The predicted octanol–water partition coefficient (Wildman–Crippen LogP) is 5.16. The third-order valence-corrected chi connectivity index (χ3v) is 6.17. The third kappa shape index (κ3) is 3.41. The Labute approximate surface area is 176 Å². The number of rotatable bonds is 4. The van der Waals surface area contributed by atoms with Crippen molar-refractivity contribution in [1.29, 1.82) is 0 Å². The molecular formula is C25H26N4O. The van der Waals surface area contributed by atoms with Crippen molar-refractivity contribution in [2.24, 2.45) is 0 Å². The summed E-state index contributed by atoms with van der Waals surface area (Å²) < 4.78 is 0. The Balaban J connectivity index is 1.41. The van der Waals surface area contributed by atoms with Gasteiger partial charge >= 0.3 is 0 Å². The molecule has 1 aliphatic rings. The molecule has 2 aromatic carbocycles. The van der Waals surface area contributed by atoms with Crippen molar-refractivity contribution >= 4 is 16.8 Å². The van der Waals surface area contributed by atoms with Crippen molar-refractivity contribution in [2.75, 3.05) is 6.54 Å². The molecular weight excluding hydrogens is 372 g/mol. The molecule has 1 amide bonds. The van der Waals surface area contributed by atoms with Crippen LogP contribution in [-0.2, 0) is 11.2 Å². The number of imidazole rings is 1. The van der Waals surface area contributed by atoms with Crippen LogP contribution < -0.4 is 0 Å². The maximum atomic E-state index is 13.4. The van der Waals surface area contributed by atoms with E-state index in [1.807, 2.05) is 41.4 Å². The highest BCUT2D eigenvalue weighted by molar-refractivity contribution is 5.90. The van der Waals surface area contributed by atoms with Crippen molar-refractivity contribution in [1.82, 2.24) is 19.9 Å². The summed E-state index contributed by atoms with van der Waals surface area (Å²) >= 11 is 0. The van der Waals surface area contributed by atoms with Crippen LogP contribution in [0.3, 0.4) is 0 Å². The van der Waals surface area contributed by atoms with E-state index in [0.717, 1.165) is 65.0 Å². The Kier molecular flexibility index (Phi) is 4.87. The van der Waals surface area contributed by atoms with Crippen LogP contribution in [-0.4, -0.2) is 32.3 Å². The molecule has 0 aliphatic carbocycles. The van der Waals surface area contributed by atoms with Gasteiger partial charge in [-0.2, -0.15) is 0 Å². The molecule has 152 valence electrons. The topological polar surface area (TPSA) is 64.8 Å². The summed E-state index contributed by atoms with van der Waals surface area (Å²) in [6.45, 7) is 2.83. The zero-order valence-electron chi connectivity index (χ0n) is 17.2. The lowest BCUT2D eigenvalue weighted by atomic mass is 9.99. The summed E-state index contributed by atoms with van der Waals surface area (Å²) in [5, 5.41) is 1.14. The summed E-state index contributed by atoms with van der Waals surface area (Å²) in [6, 6.07) is 18.4. The number of amides is 1. The summed E-state index contributed by atoms with van der Waals surface area (Å²) in [5.41, 5.74) is 5.37. The largest absolute Gasteiger partial charge is 0.358 e. The number of hydrogen-bond acceptors (Lipinski definition) is 2. The second-order valence-electron chi connectivity index (χ2n) is 8.10. The number of carbonyl (C=O) groups is 1. The molecule has 2 aromatic heterocycles. The molecule has 1 aliphatic heterocycles. The van der Waals surface area contributed by atoms with Crippen molar-refractivity contribution < 1.29 is 4.79 Å². The SMILES string of the molecule is Cc1[nH]c2ccccc2c1CC(=O)N1CCCCC1c1ncc(-c2ccccc2)[nH]1. The fourth-order valence-electron chi connectivity index (χ4n) is 4.60. The van der Waals surface area contributed by atoms with E-state index in [4.69, 9.17) is 0 Å². The number of H-pyrrole nitrogens is 2. The number of carbonyl (C=O) groups excluding carboxylic acids is 1. The summed E-state index contributed by atoms with van der Waals surface area (Å²) in [4.78, 5) is 27.0. The van der Waals surface area contributed by atoms with Crippen molar-refractivity contribution in [3.05, 3.63) is 77.9 Å². The lowest BCUT2D eigenvalue weighted by molar-refractivity contribution is -0.134. The normalized spacial score (nSPS) is 16.8. The second-order valence-corrected chi connectivity index (χ2v) is 8.10. The molecule has 4 aromatic rings. The smallest absolute Gasteiger partial charge is 0.227 e. The Hall–Kier alpha value is -3.34. The number of benzene rings is 2. The van der Waals surface area contributed by atoms with Crippen molar-refractivity contribution in [3.8, 4) is 11.3 Å². The first-order chi connectivity index (χ1) is 14.7. The minimum atomic E-state index is 0.00854. The highest BCUT2D eigenvalue weighted by atomic mass is 16.2. The van der Waals surface area contributed by atoms with Gasteiger partial charge in [0.2, 0.25) is 5.91 Å². The molecule has 0 bridgehead atoms. The fourth-order valence-corrected chi connectivity index (χ4v) is 4.60. The van der Waals surface area contributed by atoms with E-state index in [-0.39, 0.29) is 11.9 Å². The maximum Gasteiger partial charge on any atom is 0.227 e. The van der Waals surface area contributed by atoms with Gasteiger partial charge in [-0.25, -0.2) is 4.98 Å². The number of aromatic amines is 2. The molecule has 1 fully saturated rings. The highest BCUT2D eigenvalue weighted by Gasteiger charge is 2.30. The average Bonchev–Trinajstić information content (AvgIpc) is 3.40. The van der Waals surface area contributed by atoms with Gasteiger partial charge in [0.25, 0.3) is 0 Å². The number of nitrogens with one attached hydrogen (secondary N) is 2. The monoisotopic (exact) mass is 398 g/mol. The van der Waals surface area contributed by atoms with E-state index in [0.29, 0.717) is 6.42 Å². The molecule has 3 heterocycles. The Bertz CT molecular complexity index is 1170. The zero-order valence-corrected chi connectivity index (χ0v) is 17.2. The molecule has 0 radical (unpaired) electrons. The molecule has 2 N–H and O–H groups in total. The standard InChI is InChI=1S/C25H26N4O/c1-17-20(19-11-5-6-12-21(19)27-17)15-24(30)29-14-8-7-13-23(29)25-26-16-22(28-25)18-9-3-2-4-10-18/h2-6,9-12,16,23,27H,7-8,13-15H2,1H3,(H,26,28). The first kappa shape index (κ1) is 18.7. The number of piperidine rings is 1. The Morgan fingerprint density at radius 1 is 1.07 bits per heavy atom. The van der Waals surface area contributed by atoms with Crippen LogP contribution in [0.5, 0.6) is 0 Å². The van der Waals surface area contributed by atoms with Crippen LogP contribution in [0.1, 0.15) is 42.4 Å². The van der Waals surface area contributed by atoms with Gasteiger partial charge < -0.3 is 14.9 Å². The Morgan fingerprint density at radius 3 is 2.73 bits per heavy atom. The molecule has 5 nitrogen and oxygen atoms in total. The predicted molar refractivity (Wildman–Crippen MR) is 119 cm³/mol. The van der Waals surface area contributed by atoms with Crippen LogP contribution in [0.25, 0.3) is 22.2 Å². The number of aryl methyl sites for hydroxylation is 1. The second kappa shape index (κ2) is 7.82. The summed E-state index contributed by atoms with van der Waals surface area (Å²) in [6.07, 6.45) is 5.40.